The molecule has 0 bridgehead atoms. The van der Waals surface area contributed by atoms with Crippen LogP contribution in [0.25, 0.3) is 0 Å². The van der Waals surface area contributed by atoms with Gasteiger partial charge in [0.15, 0.2) is 6.29 Å². The SMILES string of the molecule is C=CCOC(OCC=C)c1ccccc1OC. The molecule has 0 radical (unpaired) electrons. The minimum Gasteiger partial charge on any atom is -0.496 e. The Labute approximate surface area is 102 Å². The van der Waals surface area contributed by atoms with Gasteiger partial charge in [-0.25, -0.2) is 0 Å². The third kappa shape index (κ3) is 4.06. The van der Waals surface area contributed by atoms with E-state index in [9.17, 15) is 0 Å². The first kappa shape index (κ1) is 13.5. The molecule has 1 rings (SSSR count). The van der Waals surface area contributed by atoms with Crippen molar-refractivity contribution < 1.29 is 14.2 Å². The van der Waals surface area contributed by atoms with E-state index < -0.39 is 6.29 Å². The minimum atomic E-state index is -0.470. The molecule has 1 aromatic rings. The van der Waals surface area contributed by atoms with E-state index in [1.54, 1.807) is 19.3 Å². The topological polar surface area (TPSA) is 27.7 Å². The number of methoxy groups -OCH3 is 1. The third-order valence-electron chi connectivity index (χ3n) is 2.12. The van der Waals surface area contributed by atoms with Gasteiger partial charge in [-0.15, -0.1) is 13.2 Å². The Hall–Kier alpha value is -1.58. The first-order valence-corrected chi connectivity index (χ1v) is 5.41. The molecule has 0 amide bonds. The molecule has 1 aromatic carbocycles. The first-order valence-electron chi connectivity index (χ1n) is 5.41. The molecule has 3 heteroatoms. The number of hydrogen-bond donors (Lipinski definition) is 0. The van der Waals surface area contributed by atoms with Crippen molar-refractivity contribution in [2.24, 2.45) is 0 Å². The maximum Gasteiger partial charge on any atom is 0.188 e. The highest BCUT2D eigenvalue weighted by molar-refractivity contribution is 5.34. The first-order chi connectivity index (χ1) is 8.33. The molecule has 0 saturated carbocycles. The molecule has 0 N–H and O–H groups in total. The van der Waals surface area contributed by atoms with Gasteiger partial charge in [-0.2, -0.15) is 0 Å². The van der Waals surface area contributed by atoms with Crippen LogP contribution in [0.4, 0.5) is 0 Å². The van der Waals surface area contributed by atoms with Crippen molar-refractivity contribution in [2.75, 3.05) is 20.3 Å². The largest absolute Gasteiger partial charge is 0.496 e. The van der Waals surface area contributed by atoms with Gasteiger partial charge in [-0.05, 0) is 6.07 Å². The summed E-state index contributed by atoms with van der Waals surface area (Å²) >= 11 is 0. The zero-order chi connectivity index (χ0) is 12.5. The van der Waals surface area contributed by atoms with Crippen molar-refractivity contribution in [1.29, 1.82) is 0 Å². The molecule has 3 nitrogen and oxygen atoms in total. The van der Waals surface area contributed by atoms with Crippen LogP contribution in [-0.2, 0) is 9.47 Å². The highest BCUT2D eigenvalue weighted by Gasteiger charge is 2.15. The third-order valence-corrected chi connectivity index (χ3v) is 2.12. The Kier molecular flexibility index (Phi) is 6.07. The zero-order valence-electron chi connectivity index (χ0n) is 10.1. The van der Waals surface area contributed by atoms with Gasteiger partial charge >= 0.3 is 0 Å². The smallest absolute Gasteiger partial charge is 0.188 e. The minimum absolute atomic E-state index is 0.417. The van der Waals surface area contributed by atoms with Gasteiger partial charge in [0.1, 0.15) is 5.75 Å². The molecule has 0 fully saturated rings. The molecular weight excluding hydrogens is 216 g/mol. The van der Waals surface area contributed by atoms with E-state index in [0.29, 0.717) is 13.2 Å². The van der Waals surface area contributed by atoms with E-state index in [2.05, 4.69) is 13.2 Å². The van der Waals surface area contributed by atoms with Crippen LogP contribution in [0, 0.1) is 0 Å². The summed E-state index contributed by atoms with van der Waals surface area (Å²) in [7, 11) is 1.62. The van der Waals surface area contributed by atoms with Gasteiger partial charge in [0, 0.05) is 5.56 Å². The van der Waals surface area contributed by atoms with Gasteiger partial charge in [0.25, 0.3) is 0 Å². The van der Waals surface area contributed by atoms with E-state index in [1.807, 2.05) is 24.3 Å². The van der Waals surface area contributed by atoms with Gasteiger partial charge in [0.05, 0.1) is 20.3 Å². The van der Waals surface area contributed by atoms with Gasteiger partial charge in [0.2, 0.25) is 0 Å². The Bertz CT molecular complexity index is 348. The number of ether oxygens (including phenoxy) is 3. The van der Waals surface area contributed by atoms with Crippen LogP contribution in [-0.4, -0.2) is 20.3 Å². The molecular formula is C14H18O3. The quantitative estimate of drug-likeness (QED) is 0.511. The van der Waals surface area contributed by atoms with E-state index >= 15 is 0 Å². The lowest BCUT2D eigenvalue weighted by molar-refractivity contribution is -0.131. The fraction of sp³-hybridized carbons (Fsp3) is 0.286. The van der Waals surface area contributed by atoms with Crippen LogP contribution < -0.4 is 4.74 Å². The van der Waals surface area contributed by atoms with Crippen molar-refractivity contribution in [3.05, 3.63) is 55.1 Å². The van der Waals surface area contributed by atoms with Gasteiger partial charge in [-0.3, -0.25) is 0 Å². The maximum atomic E-state index is 5.55. The van der Waals surface area contributed by atoms with Crippen molar-refractivity contribution in [3.8, 4) is 5.75 Å². The van der Waals surface area contributed by atoms with E-state index in [4.69, 9.17) is 14.2 Å². The lowest BCUT2D eigenvalue weighted by atomic mass is 10.2. The highest BCUT2D eigenvalue weighted by Crippen LogP contribution is 2.28. The average molecular weight is 234 g/mol. The van der Waals surface area contributed by atoms with Crippen LogP contribution in [0.2, 0.25) is 0 Å². The van der Waals surface area contributed by atoms with Crippen molar-refractivity contribution in [2.45, 2.75) is 6.29 Å². The monoisotopic (exact) mass is 234 g/mol. The molecule has 92 valence electrons. The van der Waals surface area contributed by atoms with Crippen molar-refractivity contribution >= 4 is 0 Å². The van der Waals surface area contributed by atoms with E-state index in [-0.39, 0.29) is 0 Å². The predicted molar refractivity (Wildman–Crippen MR) is 68.0 cm³/mol. The molecule has 0 saturated heterocycles. The second-order valence-electron chi connectivity index (χ2n) is 3.32. The average Bonchev–Trinajstić information content (AvgIpc) is 2.39. The Morgan fingerprint density at radius 1 is 1.12 bits per heavy atom. The number of para-hydroxylation sites is 1. The molecule has 0 heterocycles. The molecule has 0 aliphatic heterocycles. The maximum absolute atomic E-state index is 5.55. The molecule has 0 aliphatic rings. The Morgan fingerprint density at radius 3 is 2.24 bits per heavy atom. The van der Waals surface area contributed by atoms with Gasteiger partial charge in [-0.1, -0.05) is 30.4 Å². The molecule has 17 heavy (non-hydrogen) atoms. The summed E-state index contributed by atoms with van der Waals surface area (Å²) in [6.07, 6.45) is 2.89. The van der Waals surface area contributed by atoms with Crippen LogP contribution in [0.1, 0.15) is 11.9 Å². The van der Waals surface area contributed by atoms with Crippen LogP contribution >= 0.6 is 0 Å². The normalized spacial score (nSPS) is 10.2. The summed E-state index contributed by atoms with van der Waals surface area (Å²) in [5.74, 6) is 0.741. The standard InChI is InChI=1S/C14H18O3/c1-4-10-16-14(17-11-5-2)12-8-6-7-9-13(12)15-3/h4-9,14H,1-2,10-11H2,3H3. The molecule has 0 aliphatic carbocycles. The predicted octanol–water partition coefficient (Wildman–Crippen LogP) is 3.10. The summed E-state index contributed by atoms with van der Waals surface area (Å²) in [4.78, 5) is 0. The number of hydrogen-bond acceptors (Lipinski definition) is 3. The summed E-state index contributed by atoms with van der Waals surface area (Å²) in [5.41, 5.74) is 0.860. The fourth-order valence-corrected chi connectivity index (χ4v) is 1.40. The van der Waals surface area contributed by atoms with Crippen molar-refractivity contribution in [3.63, 3.8) is 0 Å². The number of rotatable bonds is 8. The van der Waals surface area contributed by atoms with E-state index in [0.717, 1.165) is 11.3 Å². The number of benzene rings is 1. The molecule has 0 spiro atoms. The summed E-state index contributed by atoms with van der Waals surface area (Å²) in [6.45, 7) is 8.07. The molecule has 0 aromatic heterocycles. The van der Waals surface area contributed by atoms with Crippen LogP contribution in [0.3, 0.4) is 0 Å². The highest BCUT2D eigenvalue weighted by atomic mass is 16.7. The van der Waals surface area contributed by atoms with Crippen LogP contribution in [0.5, 0.6) is 5.75 Å². The summed E-state index contributed by atoms with van der Waals surface area (Å²) in [5, 5.41) is 0. The van der Waals surface area contributed by atoms with Crippen molar-refractivity contribution in [1.82, 2.24) is 0 Å². The molecule has 0 unspecified atom stereocenters. The summed E-state index contributed by atoms with van der Waals surface area (Å²) < 4.78 is 16.4. The Balaban J connectivity index is 2.85. The summed E-state index contributed by atoms with van der Waals surface area (Å²) in [6, 6.07) is 7.60. The lowest BCUT2D eigenvalue weighted by Gasteiger charge is -2.19. The Morgan fingerprint density at radius 2 is 1.71 bits per heavy atom. The molecule has 0 atom stereocenters. The second kappa shape index (κ2) is 7.65. The van der Waals surface area contributed by atoms with Gasteiger partial charge < -0.3 is 14.2 Å². The van der Waals surface area contributed by atoms with E-state index in [1.165, 1.54) is 0 Å². The van der Waals surface area contributed by atoms with Crippen LogP contribution in [0.15, 0.2) is 49.6 Å². The lowest BCUT2D eigenvalue weighted by Crippen LogP contribution is -2.10. The fourth-order valence-electron chi connectivity index (χ4n) is 1.40. The second-order valence-corrected chi connectivity index (χ2v) is 3.32. The zero-order valence-corrected chi connectivity index (χ0v) is 10.1.